The molecule has 0 aliphatic rings. The van der Waals surface area contributed by atoms with Gasteiger partial charge in [0.15, 0.2) is 5.82 Å². The number of ether oxygens (including phenoxy) is 1. The maximum absolute atomic E-state index is 12.1. The van der Waals surface area contributed by atoms with Crippen molar-refractivity contribution in [2.45, 2.75) is 44.6 Å². The first-order valence-corrected chi connectivity index (χ1v) is 8.37. The second-order valence-corrected chi connectivity index (χ2v) is 6.18. The summed E-state index contributed by atoms with van der Waals surface area (Å²) >= 11 is 0. The zero-order valence-electron chi connectivity index (χ0n) is 12.3. The van der Waals surface area contributed by atoms with Gasteiger partial charge in [-0.3, -0.25) is 9.48 Å². The second-order valence-electron chi connectivity index (χ2n) is 4.45. The highest BCUT2D eigenvalue weighted by Crippen LogP contribution is 2.16. The number of nitrogens with one attached hydrogen (secondary N) is 1. The molecule has 0 saturated carbocycles. The smallest absolute Gasteiger partial charge is 0.305 e. The third-order valence-electron chi connectivity index (χ3n) is 2.65. The van der Waals surface area contributed by atoms with Crippen molar-refractivity contribution < 1.29 is 17.9 Å². The van der Waals surface area contributed by atoms with E-state index in [0.717, 1.165) is 6.42 Å². The number of nitrogens with two attached hydrogens (primary N) is 1. The van der Waals surface area contributed by atoms with E-state index >= 15 is 0 Å². The summed E-state index contributed by atoms with van der Waals surface area (Å²) in [6.07, 6.45) is 2.77. The third-order valence-corrected chi connectivity index (χ3v) is 4.13. The molecule has 0 radical (unpaired) electrons. The Bertz CT molecular complexity index is 568. The van der Waals surface area contributed by atoms with Gasteiger partial charge in [0.2, 0.25) is 10.0 Å². The Morgan fingerprint density at radius 1 is 1.48 bits per heavy atom. The Balaban J connectivity index is 2.55. The Morgan fingerprint density at radius 3 is 2.81 bits per heavy atom. The van der Waals surface area contributed by atoms with Gasteiger partial charge < -0.3 is 10.5 Å². The van der Waals surface area contributed by atoms with Gasteiger partial charge in [0.25, 0.3) is 0 Å². The van der Waals surface area contributed by atoms with E-state index in [2.05, 4.69) is 9.82 Å². The lowest BCUT2D eigenvalue weighted by molar-refractivity contribution is -0.143. The molecule has 1 aromatic heterocycles. The largest absolute Gasteiger partial charge is 0.466 e. The standard InChI is InChI=1S/C12H22N4O4S/c1-3-8-16-9-10(12(13)15-16)21(18,19)14-7-5-6-11(17)20-4-2/h9,14H,3-8H2,1-2H3,(H2,13,15). The average Bonchev–Trinajstić information content (AvgIpc) is 2.77. The fourth-order valence-corrected chi connectivity index (χ4v) is 2.86. The minimum atomic E-state index is -3.71. The Labute approximate surface area is 124 Å². The van der Waals surface area contributed by atoms with Crippen LogP contribution < -0.4 is 10.5 Å². The average molecular weight is 318 g/mol. The number of aryl methyl sites for hydroxylation is 1. The first-order chi connectivity index (χ1) is 9.90. The number of carbonyl (C=O) groups is 1. The van der Waals surface area contributed by atoms with Crippen molar-refractivity contribution in [2.24, 2.45) is 0 Å². The van der Waals surface area contributed by atoms with Gasteiger partial charge in [-0.15, -0.1) is 0 Å². The van der Waals surface area contributed by atoms with Gasteiger partial charge in [-0.05, 0) is 19.8 Å². The molecule has 0 atom stereocenters. The molecule has 0 aromatic carbocycles. The summed E-state index contributed by atoms with van der Waals surface area (Å²) in [6.45, 7) is 4.73. The van der Waals surface area contributed by atoms with Crippen LogP contribution in [-0.2, 0) is 26.1 Å². The van der Waals surface area contributed by atoms with Crippen LogP contribution in [0.25, 0.3) is 0 Å². The van der Waals surface area contributed by atoms with E-state index in [0.29, 0.717) is 19.6 Å². The van der Waals surface area contributed by atoms with Crippen molar-refractivity contribution in [1.82, 2.24) is 14.5 Å². The molecule has 0 bridgehead atoms. The van der Waals surface area contributed by atoms with Crippen LogP contribution in [0.4, 0.5) is 5.82 Å². The summed E-state index contributed by atoms with van der Waals surface area (Å²) in [4.78, 5) is 11.1. The van der Waals surface area contributed by atoms with Crippen LogP contribution in [0.2, 0.25) is 0 Å². The van der Waals surface area contributed by atoms with Crippen LogP contribution in [0.15, 0.2) is 11.1 Å². The SMILES string of the molecule is CCCn1cc(S(=O)(=O)NCCCC(=O)OCC)c(N)n1. The number of sulfonamides is 1. The molecule has 0 spiro atoms. The quantitative estimate of drug-likeness (QED) is 0.506. The molecule has 1 heterocycles. The predicted octanol–water partition coefficient (Wildman–Crippen LogP) is 0.497. The highest BCUT2D eigenvalue weighted by Gasteiger charge is 2.20. The maximum atomic E-state index is 12.1. The molecule has 0 unspecified atom stereocenters. The summed E-state index contributed by atoms with van der Waals surface area (Å²) in [6, 6.07) is 0. The first kappa shape index (κ1) is 17.4. The number of hydrogen-bond acceptors (Lipinski definition) is 6. The van der Waals surface area contributed by atoms with Crippen molar-refractivity contribution in [3.05, 3.63) is 6.20 Å². The van der Waals surface area contributed by atoms with Crippen molar-refractivity contribution >= 4 is 21.8 Å². The predicted molar refractivity (Wildman–Crippen MR) is 78.0 cm³/mol. The molecule has 0 amide bonds. The maximum Gasteiger partial charge on any atom is 0.305 e. The molecular formula is C12H22N4O4S. The third kappa shape index (κ3) is 5.35. The van der Waals surface area contributed by atoms with Gasteiger partial charge in [-0.25, -0.2) is 13.1 Å². The molecule has 3 N–H and O–H groups in total. The molecule has 0 saturated heterocycles. The summed E-state index contributed by atoms with van der Waals surface area (Å²) in [5, 5.41) is 3.95. The second kappa shape index (κ2) is 7.99. The highest BCUT2D eigenvalue weighted by molar-refractivity contribution is 7.89. The number of aromatic nitrogens is 2. The van der Waals surface area contributed by atoms with E-state index in [9.17, 15) is 13.2 Å². The topological polar surface area (TPSA) is 116 Å². The first-order valence-electron chi connectivity index (χ1n) is 6.89. The lowest BCUT2D eigenvalue weighted by Crippen LogP contribution is -2.25. The van der Waals surface area contributed by atoms with E-state index in [1.807, 2.05) is 6.92 Å². The number of nitrogen functional groups attached to an aromatic ring is 1. The number of hydrogen-bond donors (Lipinski definition) is 2. The van der Waals surface area contributed by atoms with E-state index < -0.39 is 10.0 Å². The number of carbonyl (C=O) groups excluding carboxylic acids is 1. The Kier molecular flexibility index (Phi) is 6.63. The van der Waals surface area contributed by atoms with Gasteiger partial charge in [0, 0.05) is 25.7 Å². The number of anilines is 1. The molecule has 0 aliphatic carbocycles. The van der Waals surface area contributed by atoms with Crippen molar-refractivity contribution in [3.8, 4) is 0 Å². The van der Waals surface area contributed by atoms with Gasteiger partial charge in [0.1, 0.15) is 4.90 Å². The molecule has 9 heteroatoms. The fraction of sp³-hybridized carbons (Fsp3) is 0.667. The molecule has 1 rings (SSSR count). The molecular weight excluding hydrogens is 296 g/mol. The number of rotatable bonds is 9. The van der Waals surface area contributed by atoms with Crippen LogP contribution >= 0.6 is 0 Å². The summed E-state index contributed by atoms with van der Waals surface area (Å²) in [7, 11) is -3.71. The number of nitrogens with zero attached hydrogens (tertiary/aromatic N) is 2. The van der Waals surface area contributed by atoms with Crippen molar-refractivity contribution in [1.29, 1.82) is 0 Å². The zero-order chi connectivity index (χ0) is 15.9. The van der Waals surface area contributed by atoms with Crippen molar-refractivity contribution in [2.75, 3.05) is 18.9 Å². The van der Waals surface area contributed by atoms with Crippen LogP contribution in [0.1, 0.15) is 33.1 Å². The van der Waals surface area contributed by atoms with Crippen molar-refractivity contribution in [3.63, 3.8) is 0 Å². The molecule has 0 aliphatic heterocycles. The van der Waals surface area contributed by atoms with E-state index in [1.165, 1.54) is 10.9 Å². The minimum absolute atomic E-state index is 0.0265. The van der Waals surface area contributed by atoms with Crippen LogP contribution in [0.5, 0.6) is 0 Å². The van der Waals surface area contributed by atoms with Gasteiger partial charge in [-0.1, -0.05) is 6.92 Å². The summed E-state index contributed by atoms with van der Waals surface area (Å²) in [5.41, 5.74) is 5.62. The molecule has 21 heavy (non-hydrogen) atoms. The summed E-state index contributed by atoms with van der Waals surface area (Å²) < 4.78 is 32.8. The monoisotopic (exact) mass is 318 g/mol. The van der Waals surface area contributed by atoms with E-state index in [4.69, 9.17) is 10.5 Å². The van der Waals surface area contributed by atoms with Gasteiger partial charge in [0.05, 0.1) is 6.61 Å². The normalized spacial score (nSPS) is 11.5. The lowest BCUT2D eigenvalue weighted by atomic mass is 10.3. The molecule has 0 fully saturated rings. The minimum Gasteiger partial charge on any atom is -0.466 e. The summed E-state index contributed by atoms with van der Waals surface area (Å²) in [5.74, 6) is -0.367. The Morgan fingerprint density at radius 2 is 2.19 bits per heavy atom. The van der Waals surface area contributed by atoms with Crippen LogP contribution in [0, 0.1) is 0 Å². The number of esters is 1. The molecule has 1 aromatic rings. The van der Waals surface area contributed by atoms with Crippen LogP contribution in [-0.4, -0.2) is 37.3 Å². The molecule has 8 nitrogen and oxygen atoms in total. The Hall–Kier alpha value is -1.61. The van der Waals surface area contributed by atoms with Gasteiger partial charge in [-0.2, -0.15) is 5.10 Å². The van der Waals surface area contributed by atoms with Crippen LogP contribution in [0.3, 0.4) is 0 Å². The molecule has 120 valence electrons. The fourth-order valence-electron chi connectivity index (χ4n) is 1.72. The van der Waals surface area contributed by atoms with Gasteiger partial charge >= 0.3 is 5.97 Å². The highest BCUT2D eigenvalue weighted by atomic mass is 32.2. The lowest BCUT2D eigenvalue weighted by Gasteiger charge is -2.05. The van der Waals surface area contributed by atoms with E-state index in [1.54, 1.807) is 6.92 Å². The zero-order valence-corrected chi connectivity index (χ0v) is 13.1. The van der Waals surface area contributed by atoms with E-state index in [-0.39, 0.29) is 29.6 Å².